The molecule has 0 aliphatic carbocycles. The van der Waals surface area contributed by atoms with Gasteiger partial charge in [0.1, 0.15) is 0 Å². The highest BCUT2D eigenvalue weighted by Crippen LogP contribution is 1.95. The minimum absolute atomic E-state index is 0.0833. The normalized spacial score (nSPS) is 16.0. The van der Waals surface area contributed by atoms with Crippen molar-refractivity contribution in [1.29, 1.82) is 0 Å². The summed E-state index contributed by atoms with van der Waals surface area (Å²) in [5, 5.41) is 9.06. The Morgan fingerprint density at radius 2 is 2.17 bits per heavy atom. The van der Waals surface area contributed by atoms with E-state index in [1.54, 1.807) is 7.11 Å². The Kier molecular flexibility index (Phi) is 7.39. The third-order valence-corrected chi connectivity index (χ3v) is 1.53. The Hall–Kier alpha value is -0.160. The maximum atomic E-state index is 9.06. The Balaban J connectivity index is 3.18. The average molecular weight is 177 g/mol. The summed E-state index contributed by atoms with van der Waals surface area (Å²) in [6.45, 7) is 3.34. The van der Waals surface area contributed by atoms with E-state index in [4.69, 9.17) is 20.3 Å². The number of rotatable bonds is 7. The summed E-state index contributed by atoms with van der Waals surface area (Å²) in [5.74, 6) is 0. The van der Waals surface area contributed by atoms with Crippen molar-refractivity contribution in [2.24, 2.45) is 5.73 Å². The molecule has 0 aromatic carbocycles. The lowest BCUT2D eigenvalue weighted by molar-refractivity contribution is -0.00350. The van der Waals surface area contributed by atoms with Crippen LogP contribution in [0, 0.1) is 0 Å². The molecule has 0 radical (unpaired) electrons. The summed E-state index contributed by atoms with van der Waals surface area (Å²) in [7, 11) is 1.63. The minimum Gasteiger partial charge on any atom is -0.392 e. The smallest absolute Gasteiger partial charge is 0.0780 e. The predicted octanol–water partition coefficient (Wildman–Crippen LogP) is -0.252. The molecule has 0 aromatic rings. The minimum atomic E-state index is -0.445. The summed E-state index contributed by atoms with van der Waals surface area (Å²) < 4.78 is 10.2. The van der Waals surface area contributed by atoms with Gasteiger partial charge < -0.3 is 20.3 Å². The van der Waals surface area contributed by atoms with E-state index in [0.717, 1.165) is 0 Å². The SMILES string of the molecule is COCC(C)OCCC(O)CN. The quantitative estimate of drug-likeness (QED) is 0.562. The molecular weight excluding hydrogens is 158 g/mol. The average Bonchev–Trinajstić information content (AvgIpc) is 2.04. The zero-order valence-corrected chi connectivity index (χ0v) is 7.82. The first-order chi connectivity index (χ1) is 5.70. The summed E-state index contributed by atoms with van der Waals surface area (Å²) in [6.07, 6.45) is 0.226. The summed E-state index contributed by atoms with van der Waals surface area (Å²) in [4.78, 5) is 0. The molecule has 0 rings (SSSR count). The van der Waals surface area contributed by atoms with E-state index in [2.05, 4.69) is 0 Å². The van der Waals surface area contributed by atoms with Crippen molar-refractivity contribution in [1.82, 2.24) is 0 Å². The van der Waals surface area contributed by atoms with Crippen LogP contribution in [-0.2, 0) is 9.47 Å². The third-order valence-electron chi connectivity index (χ3n) is 1.53. The lowest BCUT2D eigenvalue weighted by Gasteiger charge is -2.13. The number of methoxy groups -OCH3 is 1. The van der Waals surface area contributed by atoms with E-state index in [1.165, 1.54) is 0 Å². The molecule has 4 nitrogen and oxygen atoms in total. The molecule has 12 heavy (non-hydrogen) atoms. The zero-order chi connectivity index (χ0) is 9.40. The molecule has 4 heteroatoms. The molecule has 0 amide bonds. The van der Waals surface area contributed by atoms with Crippen LogP contribution < -0.4 is 5.73 Å². The van der Waals surface area contributed by atoms with Crippen molar-refractivity contribution in [3.8, 4) is 0 Å². The maximum Gasteiger partial charge on any atom is 0.0780 e. The van der Waals surface area contributed by atoms with Crippen molar-refractivity contribution >= 4 is 0 Å². The second-order valence-electron chi connectivity index (χ2n) is 2.81. The molecule has 0 aliphatic rings. The van der Waals surface area contributed by atoms with Gasteiger partial charge in [0.15, 0.2) is 0 Å². The molecule has 0 saturated carbocycles. The van der Waals surface area contributed by atoms with E-state index in [1.807, 2.05) is 6.92 Å². The van der Waals surface area contributed by atoms with E-state index in [9.17, 15) is 0 Å². The van der Waals surface area contributed by atoms with Crippen LogP contribution in [0.3, 0.4) is 0 Å². The highest BCUT2D eigenvalue weighted by atomic mass is 16.5. The number of aliphatic hydroxyl groups is 1. The first kappa shape index (κ1) is 11.8. The van der Waals surface area contributed by atoms with E-state index < -0.39 is 6.10 Å². The molecule has 0 heterocycles. The van der Waals surface area contributed by atoms with Crippen LogP contribution in [0.4, 0.5) is 0 Å². The molecule has 0 fully saturated rings. The molecule has 0 aliphatic heterocycles. The summed E-state index contributed by atoms with van der Waals surface area (Å²) >= 11 is 0. The molecule has 74 valence electrons. The predicted molar refractivity (Wildman–Crippen MR) is 47.0 cm³/mol. The molecule has 0 spiro atoms. The maximum absolute atomic E-state index is 9.06. The lowest BCUT2D eigenvalue weighted by Crippen LogP contribution is -2.23. The Morgan fingerprint density at radius 1 is 1.50 bits per heavy atom. The van der Waals surface area contributed by atoms with Crippen LogP contribution in [0.5, 0.6) is 0 Å². The Bertz CT molecular complexity index is 100. The molecule has 0 saturated heterocycles. The molecule has 2 atom stereocenters. The first-order valence-corrected chi connectivity index (χ1v) is 4.19. The van der Waals surface area contributed by atoms with Crippen molar-refractivity contribution in [2.45, 2.75) is 25.6 Å². The highest BCUT2D eigenvalue weighted by Gasteiger charge is 2.03. The van der Waals surface area contributed by atoms with E-state index >= 15 is 0 Å². The van der Waals surface area contributed by atoms with Crippen LogP contribution in [0.1, 0.15) is 13.3 Å². The van der Waals surface area contributed by atoms with Gasteiger partial charge in [0.25, 0.3) is 0 Å². The van der Waals surface area contributed by atoms with Gasteiger partial charge in [-0.15, -0.1) is 0 Å². The van der Waals surface area contributed by atoms with Crippen LogP contribution in [-0.4, -0.2) is 44.2 Å². The van der Waals surface area contributed by atoms with Gasteiger partial charge in [-0.2, -0.15) is 0 Å². The highest BCUT2D eigenvalue weighted by molar-refractivity contribution is 4.55. The largest absolute Gasteiger partial charge is 0.392 e. The van der Waals surface area contributed by atoms with Gasteiger partial charge in [0.05, 0.1) is 18.8 Å². The molecule has 3 N–H and O–H groups in total. The van der Waals surface area contributed by atoms with E-state index in [-0.39, 0.29) is 6.10 Å². The summed E-state index contributed by atoms with van der Waals surface area (Å²) in [6, 6.07) is 0. The van der Waals surface area contributed by atoms with Crippen LogP contribution in [0.2, 0.25) is 0 Å². The van der Waals surface area contributed by atoms with Crippen molar-refractivity contribution in [3.63, 3.8) is 0 Å². The number of nitrogens with two attached hydrogens (primary N) is 1. The third kappa shape index (κ3) is 6.54. The first-order valence-electron chi connectivity index (χ1n) is 4.19. The van der Waals surface area contributed by atoms with Crippen LogP contribution in [0.25, 0.3) is 0 Å². The number of hydrogen-bond donors (Lipinski definition) is 2. The lowest BCUT2D eigenvalue weighted by atomic mass is 10.3. The second kappa shape index (κ2) is 7.49. The fourth-order valence-electron chi connectivity index (χ4n) is 0.806. The van der Waals surface area contributed by atoms with Crippen LogP contribution in [0.15, 0.2) is 0 Å². The standard InChI is InChI=1S/C8H19NO3/c1-7(6-11-2)12-4-3-8(10)5-9/h7-8,10H,3-6,9H2,1-2H3. The van der Waals surface area contributed by atoms with Gasteiger partial charge in [0, 0.05) is 20.3 Å². The monoisotopic (exact) mass is 177 g/mol. The number of aliphatic hydroxyl groups excluding tert-OH is 1. The van der Waals surface area contributed by atoms with Crippen molar-refractivity contribution in [2.75, 3.05) is 26.9 Å². The molecular formula is C8H19NO3. The van der Waals surface area contributed by atoms with Gasteiger partial charge in [-0.05, 0) is 13.3 Å². The van der Waals surface area contributed by atoms with Crippen molar-refractivity contribution < 1.29 is 14.6 Å². The molecule has 0 aromatic heterocycles. The fourth-order valence-corrected chi connectivity index (χ4v) is 0.806. The van der Waals surface area contributed by atoms with Gasteiger partial charge in [-0.25, -0.2) is 0 Å². The van der Waals surface area contributed by atoms with Gasteiger partial charge >= 0.3 is 0 Å². The fraction of sp³-hybridized carbons (Fsp3) is 1.00. The van der Waals surface area contributed by atoms with Gasteiger partial charge in [0.2, 0.25) is 0 Å². The van der Waals surface area contributed by atoms with Crippen LogP contribution >= 0.6 is 0 Å². The van der Waals surface area contributed by atoms with E-state index in [0.29, 0.717) is 26.2 Å². The van der Waals surface area contributed by atoms with Gasteiger partial charge in [-0.1, -0.05) is 0 Å². The van der Waals surface area contributed by atoms with Gasteiger partial charge in [-0.3, -0.25) is 0 Å². The van der Waals surface area contributed by atoms with Crippen molar-refractivity contribution in [3.05, 3.63) is 0 Å². The zero-order valence-electron chi connectivity index (χ0n) is 7.82. The Labute approximate surface area is 73.7 Å². The summed E-state index contributed by atoms with van der Waals surface area (Å²) in [5.41, 5.74) is 5.22. The number of hydrogen-bond acceptors (Lipinski definition) is 4. The number of ether oxygens (including phenoxy) is 2. The second-order valence-corrected chi connectivity index (χ2v) is 2.81. The molecule has 2 unspecified atom stereocenters. The molecule has 0 bridgehead atoms. The Morgan fingerprint density at radius 3 is 2.67 bits per heavy atom. The topological polar surface area (TPSA) is 64.7 Å².